The Balaban J connectivity index is 2.59. The second kappa shape index (κ2) is 6.36. The predicted octanol–water partition coefficient (Wildman–Crippen LogP) is 3.36. The van der Waals surface area contributed by atoms with E-state index < -0.39 is 0 Å². The lowest BCUT2D eigenvalue weighted by Crippen LogP contribution is -2.21. The smallest absolute Gasteiger partial charge is 0.0549 e. The molecule has 16 heavy (non-hydrogen) atoms. The Morgan fingerprint density at radius 2 is 1.88 bits per heavy atom. The first kappa shape index (κ1) is 12.8. The molecule has 0 radical (unpaired) electrons. The van der Waals surface area contributed by atoms with E-state index in [1.807, 2.05) is 12.4 Å². The van der Waals surface area contributed by atoms with Crippen molar-refractivity contribution >= 4 is 11.4 Å². The fraction of sp³-hybridized carbons (Fsp3) is 0.615. The Labute approximate surface area is 98.7 Å². The van der Waals surface area contributed by atoms with E-state index in [0.717, 1.165) is 24.3 Å². The van der Waals surface area contributed by atoms with Gasteiger partial charge in [0.25, 0.3) is 0 Å². The molecule has 90 valence electrons. The molecule has 0 aliphatic rings. The number of rotatable bonds is 6. The maximum atomic E-state index is 4.22. The van der Waals surface area contributed by atoms with Crippen molar-refractivity contribution in [3.63, 3.8) is 0 Å². The van der Waals surface area contributed by atoms with Crippen molar-refractivity contribution in [3.8, 4) is 0 Å². The molecule has 0 saturated carbocycles. The highest BCUT2D eigenvalue weighted by Crippen LogP contribution is 2.15. The lowest BCUT2D eigenvalue weighted by atomic mass is 10.1. The molecule has 1 aromatic rings. The largest absolute Gasteiger partial charge is 0.384 e. The van der Waals surface area contributed by atoms with Gasteiger partial charge in [-0.15, -0.1) is 0 Å². The zero-order valence-electron chi connectivity index (χ0n) is 10.7. The van der Waals surface area contributed by atoms with Crippen LogP contribution in [0.5, 0.6) is 0 Å². The van der Waals surface area contributed by atoms with Crippen LogP contribution in [0.2, 0.25) is 0 Å². The van der Waals surface area contributed by atoms with Crippen molar-refractivity contribution in [3.05, 3.63) is 18.5 Å². The van der Waals surface area contributed by atoms with Gasteiger partial charge in [0, 0.05) is 12.6 Å². The van der Waals surface area contributed by atoms with Crippen molar-refractivity contribution < 1.29 is 0 Å². The van der Waals surface area contributed by atoms with Crippen molar-refractivity contribution in [2.24, 2.45) is 5.92 Å². The number of nitrogens with zero attached hydrogens (tertiary/aromatic N) is 1. The van der Waals surface area contributed by atoms with Crippen LogP contribution < -0.4 is 10.6 Å². The van der Waals surface area contributed by atoms with E-state index in [1.54, 1.807) is 0 Å². The lowest BCUT2D eigenvalue weighted by molar-refractivity contribution is 0.560. The molecule has 1 heterocycles. The van der Waals surface area contributed by atoms with Gasteiger partial charge in [-0.05, 0) is 25.3 Å². The molecule has 1 rings (SSSR count). The normalized spacial score (nSPS) is 12.6. The minimum Gasteiger partial charge on any atom is -0.384 e. The van der Waals surface area contributed by atoms with Gasteiger partial charge in [-0.2, -0.15) is 0 Å². The molecule has 1 aromatic heterocycles. The Kier molecular flexibility index (Phi) is 5.09. The van der Waals surface area contributed by atoms with Crippen LogP contribution >= 0.6 is 0 Å². The van der Waals surface area contributed by atoms with Gasteiger partial charge in [0.2, 0.25) is 0 Å². The molecule has 0 aliphatic carbocycles. The van der Waals surface area contributed by atoms with Gasteiger partial charge >= 0.3 is 0 Å². The van der Waals surface area contributed by atoms with Gasteiger partial charge in [0.15, 0.2) is 0 Å². The van der Waals surface area contributed by atoms with Crippen molar-refractivity contribution in [2.75, 3.05) is 17.2 Å². The summed E-state index contributed by atoms with van der Waals surface area (Å²) in [5.41, 5.74) is 2.17. The van der Waals surface area contributed by atoms with Crippen LogP contribution in [-0.4, -0.2) is 17.6 Å². The number of hydrogen-bond acceptors (Lipinski definition) is 3. The monoisotopic (exact) mass is 221 g/mol. The second-order valence-electron chi connectivity index (χ2n) is 4.57. The molecule has 0 bridgehead atoms. The van der Waals surface area contributed by atoms with Gasteiger partial charge in [-0.25, -0.2) is 0 Å². The van der Waals surface area contributed by atoms with Crippen LogP contribution in [0.25, 0.3) is 0 Å². The predicted molar refractivity (Wildman–Crippen MR) is 70.9 cm³/mol. The molecule has 0 aliphatic heterocycles. The van der Waals surface area contributed by atoms with Crippen LogP contribution in [0.4, 0.5) is 11.4 Å². The first-order chi connectivity index (χ1) is 7.63. The van der Waals surface area contributed by atoms with E-state index >= 15 is 0 Å². The standard InChI is InChI=1S/C13H23N3/c1-5-6-15-12-7-13(9-14-8-12)16-11(4)10(2)3/h7-11,15-16H,5-6H2,1-4H3. The van der Waals surface area contributed by atoms with Crippen LogP contribution in [0, 0.1) is 5.92 Å². The molecule has 0 fully saturated rings. The average molecular weight is 221 g/mol. The van der Waals surface area contributed by atoms with E-state index in [2.05, 4.69) is 49.4 Å². The van der Waals surface area contributed by atoms with E-state index in [0.29, 0.717) is 12.0 Å². The average Bonchev–Trinajstić information content (AvgIpc) is 2.26. The van der Waals surface area contributed by atoms with Crippen molar-refractivity contribution in [1.82, 2.24) is 4.98 Å². The number of pyridine rings is 1. The van der Waals surface area contributed by atoms with Gasteiger partial charge < -0.3 is 10.6 Å². The van der Waals surface area contributed by atoms with Crippen molar-refractivity contribution in [1.29, 1.82) is 0 Å². The molecule has 0 aromatic carbocycles. The molecule has 0 spiro atoms. The molecule has 0 saturated heterocycles. The van der Waals surface area contributed by atoms with Gasteiger partial charge in [0.1, 0.15) is 0 Å². The summed E-state index contributed by atoms with van der Waals surface area (Å²) >= 11 is 0. The maximum Gasteiger partial charge on any atom is 0.0549 e. The summed E-state index contributed by atoms with van der Waals surface area (Å²) in [6, 6.07) is 2.57. The SMILES string of the molecule is CCCNc1cncc(NC(C)C(C)C)c1. The fourth-order valence-corrected chi connectivity index (χ4v) is 1.31. The van der Waals surface area contributed by atoms with E-state index in [-0.39, 0.29) is 0 Å². The summed E-state index contributed by atoms with van der Waals surface area (Å²) in [4.78, 5) is 4.22. The van der Waals surface area contributed by atoms with Gasteiger partial charge in [-0.1, -0.05) is 20.8 Å². The number of nitrogens with one attached hydrogen (secondary N) is 2. The first-order valence-electron chi connectivity index (χ1n) is 6.09. The minimum absolute atomic E-state index is 0.461. The Hall–Kier alpha value is -1.25. The Bertz CT molecular complexity index is 310. The quantitative estimate of drug-likeness (QED) is 0.773. The Morgan fingerprint density at radius 1 is 1.19 bits per heavy atom. The van der Waals surface area contributed by atoms with Crippen LogP contribution in [0.15, 0.2) is 18.5 Å². The zero-order chi connectivity index (χ0) is 12.0. The lowest BCUT2D eigenvalue weighted by Gasteiger charge is -2.19. The fourth-order valence-electron chi connectivity index (χ4n) is 1.31. The number of anilines is 2. The summed E-state index contributed by atoms with van der Waals surface area (Å²) in [6.45, 7) is 9.76. The highest BCUT2D eigenvalue weighted by Gasteiger charge is 2.06. The third-order valence-corrected chi connectivity index (χ3v) is 2.71. The second-order valence-corrected chi connectivity index (χ2v) is 4.57. The third kappa shape index (κ3) is 4.09. The summed E-state index contributed by atoms with van der Waals surface area (Å²) in [5.74, 6) is 0.618. The molecule has 3 heteroatoms. The Morgan fingerprint density at radius 3 is 2.50 bits per heavy atom. The molecule has 1 atom stereocenters. The first-order valence-corrected chi connectivity index (χ1v) is 6.09. The number of aromatic nitrogens is 1. The van der Waals surface area contributed by atoms with Gasteiger partial charge in [-0.3, -0.25) is 4.98 Å². The third-order valence-electron chi connectivity index (χ3n) is 2.71. The van der Waals surface area contributed by atoms with E-state index in [9.17, 15) is 0 Å². The van der Waals surface area contributed by atoms with E-state index in [4.69, 9.17) is 0 Å². The van der Waals surface area contributed by atoms with Crippen LogP contribution in [0.3, 0.4) is 0 Å². The maximum absolute atomic E-state index is 4.22. The molecular weight excluding hydrogens is 198 g/mol. The van der Waals surface area contributed by atoms with E-state index in [1.165, 1.54) is 0 Å². The highest BCUT2D eigenvalue weighted by atomic mass is 14.9. The molecule has 3 nitrogen and oxygen atoms in total. The van der Waals surface area contributed by atoms with Crippen molar-refractivity contribution in [2.45, 2.75) is 40.2 Å². The molecule has 2 N–H and O–H groups in total. The summed E-state index contributed by atoms with van der Waals surface area (Å²) in [6.07, 6.45) is 4.86. The minimum atomic E-state index is 0.461. The topological polar surface area (TPSA) is 37.0 Å². The number of hydrogen-bond donors (Lipinski definition) is 2. The summed E-state index contributed by atoms with van der Waals surface area (Å²) in [7, 11) is 0. The molecule has 1 unspecified atom stereocenters. The summed E-state index contributed by atoms with van der Waals surface area (Å²) < 4.78 is 0. The summed E-state index contributed by atoms with van der Waals surface area (Å²) in [5, 5.41) is 6.79. The zero-order valence-corrected chi connectivity index (χ0v) is 10.7. The highest BCUT2D eigenvalue weighted by molar-refractivity contribution is 5.54. The molecule has 0 amide bonds. The van der Waals surface area contributed by atoms with Crippen LogP contribution in [0.1, 0.15) is 34.1 Å². The molecular formula is C13H23N3. The van der Waals surface area contributed by atoms with Gasteiger partial charge in [0.05, 0.1) is 23.8 Å². The van der Waals surface area contributed by atoms with Crippen LogP contribution in [-0.2, 0) is 0 Å².